The summed E-state index contributed by atoms with van der Waals surface area (Å²) in [5, 5.41) is 12.7. The minimum Gasteiger partial charge on any atom is -0.430 e. The molecule has 4 rings (SSSR count). The summed E-state index contributed by atoms with van der Waals surface area (Å²) in [6.07, 6.45) is 0.844. The quantitative estimate of drug-likeness (QED) is 0.407. The van der Waals surface area contributed by atoms with Gasteiger partial charge in [-0.05, 0) is 58.4 Å². The van der Waals surface area contributed by atoms with Crippen molar-refractivity contribution in [3.8, 4) is 10.9 Å². The number of ether oxygens (including phenoxy) is 1. The molecule has 1 N–H and O–H groups in total. The highest BCUT2D eigenvalue weighted by molar-refractivity contribution is 7.92. The number of fused-ring (bicyclic) bond motifs is 1. The van der Waals surface area contributed by atoms with Crippen LogP contribution in [0.3, 0.4) is 0 Å². The van der Waals surface area contributed by atoms with Crippen molar-refractivity contribution in [3.05, 3.63) is 77.9 Å². The van der Waals surface area contributed by atoms with Crippen LogP contribution in [0, 0.1) is 0 Å². The van der Waals surface area contributed by atoms with Gasteiger partial charge in [0.2, 0.25) is 14.2 Å². The summed E-state index contributed by atoms with van der Waals surface area (Å²) in [5.74, 6) is 0.135. The Balaban J connectivity index is 1.45. The van der Waals surface area contributed by atoms with Gasteiger partial charge in [0, 0.05) is 12.1 Å². The molecule has 7 nitrogen and oxygen atoms in total. The maximum absolute atomic E-state index is 12.8. The number of carbonyl (C=O) groups excluding carboxylic acids is 1. The van der Waals surface area contributed by atoms with Gasteiger partial charge in [0.05, 0.1) is 5.75 Å². The van der Waals surface area contributed by atoms with Gasteiger partial charge in [-0.15, -0.1) is 5.10 Å². The third-order valence-corrected chi connectivity index (χ3v) is 7.62. The Kier molecular flexibility index (Phi) is 6.48. The molecule has 4 aromatic rings. The number of carbonyl (C=O) groups is 1. The molecular formula is C23H21N3O4S2. The number of hydrogen-bond donors (Lipinski definition) is 1. The number of hydrogen-bond acceptors (Lipinski definition) is 7. The van der Waals surface area contributed by atoms with Crippen LogP contribution in [0.25, 0.3) is 10.8 Å². The second-order valence-corrected chi connectivity index (χ2v) is 10.3. The third-order valence-electron chi connectivity index (χ3n) is 4.69. The molecule has 32 heavy (non-hydrogen) atoms. The van der Waals surface area contributed by atoms with Crippen LogP contribution < -0.4 is 10.1 Å². The minimum absolute atomic E-state index is 0.113. The van der Waals surface area contributed by atoms with E-state index in [2.05, 4.69) is 15.5 Å². The third kappa shape index (κ3) is 5.12. The molecule has 0 saturated heterocycles. The summed E-state index contributed by atoms with van der Waals surface area (Å²) in [6, 6.07) is 19.9. The van der Waals surface area contributed by atoms with Gasteiger partial charge in [-0.2, -0.15) is 0 Å². The second-order valence-electron chi connectivity index (χ2n) is 7.16. The summed E-state index contributed by atoms with van der Waals surface area (Å²) in [7, 11) is -3.70. The number of sulfone groups is 1. The van der Waals surface area contributed by atoms with E-state index in [1.54, 1.807) is 30.3 Å². The van der Waals surface area contributed by atoms with Crippen LogP contribution in [0.2, 0.25) is 0 Å². The first-order valence-electron chi connectivity index (χ1n) is 10.0. The average Bonchev–Trinajstić information content (AvgIpc) is 3.27. The van der Waals surface area contributed by atoms with Gasteiger partial charge in [-0.3, -0.25) is 4.79 Å². The zero-order valence-corrected chi connectivity index (χ0v) is 18.9. The van der Waals surface area contributed by atoms with Crippen molar-refractivity contribution in [1.82, 2.24) is 15.5 Å². The monoisotopic (exact) mass is 467 g/mol. The molecule has 0 atom stereocenters. The molecular weight excluding hydrogens is 446 g/mol. The molecule has 0 aliphatic carbocycles. The Morgan fingerprint density at radius 3 is 2.50 bits per heavy atom. The first kappa shape index (κ1) is 21.9. The fourth-order valence-corrected chi connectivity index (χ4v) is 5.34. The highest BCUT2D eigenvalue weighted by atomic mass is 32.2. The van der Waals surface area contributed by atoms with Gasteiger partial charge < -0.3 is 10.1 Å². The maximum atomic E-state index is 12.8. The van der Waals surface area contributed by atoms with Gasteiger partial charge in [0.25, 0.3) is 5.91 Å². The number of nitrogens with zero attached hydrogens (tertiary/aromatic N) is 2. The molecule has 1 heterocycles. The van der Waals surface area contributed by atoms with E-state index in [0.717, 1.165) is 28.5 Å². The first-order chi connectivity index (χ1) is 15.4. The van der Waals surface area contributed by atoms with Crippen LogP contribution in [-0.4, -0.2) is 31.1 Å². The largest absolute Gasteiger partial charge is 0.430 e. The molecule has 3 aromatic carbocycles. The number of benzene rings is 3. The predicted octanol–water partition coefficient (Wildman–Crippen LogP) is 4.60. The van der Waals surface area contributed by atoms with Gasteiger partial charge in [-0.1, -0.05) is 54.5 Å². The van der Waals surface area contributed by atoms with Crippen molar-refractivity contribution in [2.45, 2.75) is 23.4 Å². The number of rotatable bonds is 8. The molecule has 0 spiro atoms. The van der Waals surface area contributed by atoms with Crippen molar-refractivity contribution < 1.29 is 17.9 Å². The van der Waals surface area contributed by atoms with Gasteiger partial charge >= 0.3 is 5.19 Å². The zero-order chi connectivity index (χ0) is 22.6. The molecule has 0 bridgehead atoms. The minimum atomic E-state index is -3.70. The lowest BCUT2D eigenvalue weighted by atomic mass is 10.1. The topological polar surface area (TPSA) is 98.2 Å². The van der Waals surface area contributed by atoms with E-state index in [9.17, 15) is 13.2 Å². The van der Waals surface area contributed by atoms with Gasteiger partial charge in [0.1, 0.15) is 5.75 Å². The highest BCUT2D eigenvalue weighted by Gasteiger charge is 2.22. The van der Waals surface area contributed by atoms with Crippen molar-refractivity contribution in [2.24, 2.45) is 0 Å². The van der Waals surface area contributed by atoms with Crippen molar-refractivity contribution in [3.63, 3.8) is 0 Å². The second kappa shape index (κ2) is 9.46. The lowest BCUT2D eigenvalue weighted by Crippen LogP contribution is -2.23. The van der Waals surface area contributed by atoms with E-state index >= 15 is 0 Å². The van der Waals surface area contributed by atoms with Crippen LogP contribution in [0.5, 0.6) is 10.9 Å². The SMILES string of the molecule is CCCNC(=O)c1ccc(CS(=O)(=O)c2nnc(Oc3ccc4ccccc4c3)s2)cc1. The molecule has 0 unspecified atom stereocenters. The summed E-state index contributed by atoms with van der Waals surface area (Å²) >= 11 is 0.880. The van der Waals surface area contributed by atoms with E-state index in [1.807, 2.05) is 43.3 Å². The summed E-state index contributed by atoms with van der Waals surface area (Å²) < 4.78 is 31.2. The fourth-order valence-electron chi connectivity index (χ4n) is 3.07. The van der Waals surface area contributed by atoms with Gasteiger partial charge in [0.15, 0.2) is 0 Å². The lowest BCUT2D eigenvalue weighted by Gasteiger charge is -2.05. The van der Waals surface area contributed by atoms with E-state index in [1.165, 1.54) is 0 Å². The summed E-state index contributed by atoms with van der Waals surface area (Å²) in [6.45, 7) is 2.57. The Hall–Kier alpha value is -3.30. The molecule has 0 aliphatic rings. The van der Waals surface area contributed by atoms with Crippen molar-refractivity contribution >= 4 is 37.9 Å². The number of amides is 1. The van der Waals surface area contributed by atoms with E-state index in [-0.39, 0.29) is 21.2 Å². The van der Waals surface area contributed by atoms with Crippen LogP contribution in [0.1, 0.15) is 29.3 Å². The fraction of sp³-hybridized carbons (Fsp3) is 0.174. The van der Waals surface area contributed by atoms with Crippen LogP contribution in [-0.2, 0) is 15.6 Å². The van der Waals surface area contributed by atoms with E-state index in [0.29, 0.717) is 23.4 Å². The van der Waals surface area contributed by atoms with Crippen LogP contribution in [0.4, 0.5) is 0 Å². The Morgan fingerprint density at radius 1 is 1.00 bits per heavy atom. The lowest BCUT2D eigenvalue weighted by molar-refractivity contribution is 0.0953. The van der Waals surface area contributed by atoms with Crippen molar-refractivity contribution in [1.29, 1.82) is 0 Å². The average molecular weight is 468 g/mol. The number of aromatic nitrogens is 2. The molecule has 1 amide bonds. The summed E-state index contributed by atoms with van der Waals surface area (Å²) in [5.41, 5.74) is 1.05. The molecule has 1 aromatic heterocycles. The van der Waals surface area contributed by atoms with Crippen LogP contribution >= 0.6 is 11.3 Å². The van der Waals surface area contributed by atoms with Crippen molar-refractivity contribution in [2.75, 3.05) is 6.54 Å². The summed E-state index contributed by atoms with van der Waals surface area (Å²) in [4.78, 5) is 12.0. The predicted molar refractivity (Wildman–Crippen MR) is 124 cm³/mol. The van der Waals surface area contributed by atoms with Gasteiger partial charge in [-0.25, -0.2) is 8.42 Å². The molecule has 0 radical (unpaired) electrons. The Morgan fingerprint density at radius 2 is 1.75 bits per heavy atom. The maximum Gasteiger partial charge on any atom is 0.300 e. The number of nitrogens with one attached hydrogen (secondary N) is 1. The molecule has 0 fully saturated rings. The smallest absolute Gasteiger partial charge is 0.300 e. The first-order valence-corrected chi connectivity index (χ1v) is 12.5. The molecule has 164 valence electrons. The Labute approximate surface area is 190 Å². The van der Waals surface area contributed by atoms with E-state index in [4.69, 9.17) is 4.74 Å². The van der Waals surface area contributed by atoms with Crippen LogP contribution in [0.15, 0.2) is 71.1 Å². The van der Waals surface area contributed by atoms with E-state index < -0.39 is 9.84 Å². The molecule has 9 heteroatoms. The molecule has 0 aliphatic heterocycles. The normalized spacial score (nSPS) is 11.4. The molecule has 0 saturated carbocycles. The standard InChI is InChI=1S/C23H21N3O4S2/c1-2-13-24-21(27)18-9-7-16(8-10-18)15-32(28,29)23-26-25-22(31-23)30-20-12-11-17-5-3-4-6-19(17)14-20/h3-12,14H,2,13,15H2,1H3,(H,24,27). The zero-order valence-electron chi connectivity index (χ0n) is 17.3. The Bertz CT molecular complexity index is 1350. The highest BCUT2D eigenvalue weighted by Crippen LogP contribution is 2.30.